The van der Waals surface area contributed by atoms with Gasteiger partial charge in [0.1, 0.15) is 17.9 Å². The van der Waals surface area contributed by atoms with Crippen molar-refractivity contribution >= 4 is 17.7 Å². The van der Waals surface area contributed by atoms with Crippen molar-refractivity contribution < 1.29 is 27.5 Å². The average molecular weight is 388 g/mol. The van der Waals surface area contributed by atoms with Crippen molar-refractivity contribution in [3.63, 3.8) is 0 Å². The Labute approximate surface area is 151 Å². The molecular formula is C17H16F4N2O2S. The smallest absolute Gasteiger partial charge is 0.407 e. The molecule has 2 atom stereocenters. The minimum Gasteiger partial charge on any atom is -0.480 e. The molecular weight excluding hydrogens is 372 g/mol. The first kappa shape index (κ1) is 20.2. The average Bonchev–Trinajstić information content (AvgIpc) is 2.58. The fourth-order valence-corrected chi connectivity index (χ4v) is 3.16. The number of halogens is 4. The predicted molar refractivity (Wildman–Crippen MR) is 90.2 cm³/mol. The molecule has 0 bridgehead atoms. The van der Waals surface area contributed by atoms with Crippen LogP contribution in [0.15, 0.2) is 48.7 Å². The van der Waals surface area contributed by atoms with E-state index in [0.29, 0.717) is 11.4 Å². The third kappa shape index (κ3) is 5.99. The van der Waals surface area contributed by atoms with Crippen LogP contribution in [0.2, 0.25) is 0 Å². The summed E-state index contributed by atoms with van der Waals surface area (Å²) in [6, 6.07) is 5.38. The molecule has 0 aliphatic heterocycles. The standard InChI is InChI=1S/C17H16F4N2O2S/c18-12-6-4-11(5-7-12)15(17(19,20)21)23-14(16(24)25)10-26-9-13-3-1-2-8-22-13/h1-8,14-15,23H,9-10H2,(H,24,25)/t14-,15-/m0/s1. The van der Waals surface area contributed by atoms with Crippen LogP contribution in [0.4, 0.5) is 17.6 Å². The van der Waals surface area contributed by atoms with Crippen molar-refractivity contribution in [1.29, 1.82) is 0 Å². The van der Waals surface area contributed by atoms with Crippen LogP contribution in [0, 0.1) is 5.82 Å². The summed E-state index contributed by atoms with van der Waals surface area (Å²) in [5, 5.41) is 11.4. The van der Waals surface area contributed by atoms with E-state index in [0.717, 1.165) is 36.0 Å². The number of pyridine rings is 1. The minimum atomic E-state index is -4.73. The lowest BCUT2D eigenvalue weighted by atomic mass is 10.1. The Morgan fingerprint density at radius 2 is 1.88 bits per heavy atom. The second kappa shape index (κ2) is 9.00. The summed E-state index contributed by atoms with van der Waals surface area (Å²) in [5.74, 6) is -1.77. The minimum absolute atomic E-state index is 0.0836. The summed E-state index contributed by atoms with van der Waals surface area (Å²) in [6.07, 6.45) is -3.14. The first-order valence-electron chi connectivity index (χ1n) is 7.56. The number of thioether (sulfide) groups is 1. The van der Waals surface area contributed by atoms with Gasteiger partial charge >= 0.3 is 12.1 Å². The van der Waals surface area contributed by atoms with Gasteiger partial charge in [0.25, 0.3) is 0 Å². The number of rotatable bonds is 8. The number of alkyl halides is 3. The molecule has 0 radical (unpaired) electrons. The lowest BCUT2D eigenvalue weighted by molar-refractivity contribution is -0.162. The number of aliphatic carboxylic acids is 1. The van der Waals surface area contributed by atoms with Crippen LogP contribution in [0.1, 0.15) is 17.3 Å². The van der Waals surface area contributed by atoms with E-state index >= 15 is 0 Å². The lowest BCUT2D eigenvalue weighted by Gasteiger charge is -2.25. The molecule has 1 aromatic heterocycles. The molecule has 1 aromatic carbocycles. The zero-order chi connectivity index (χ0) is 19.2. The summed E-state index contributed by atoms with van der Waals surface area (Å²) in [5.41, 5.74) is 0.451. The zero-order valence-electron chi connectivity index (χ0n) is 13.4. The van der Waals surface area contributed by atoms with Crippen LogP contribution in [-0.2, 0) is 10.5 Å². The Morgan fingerprint density at radius 3 is 2.42 bits per heavy atom. The van der Waals surface area contributed by atoms with Crippen LogP contribution >= 0.6 is 11.8 Å². The Kier molecular flexibility index (Phi) is 6.98. The van der Waals surface area contributed by atoms with Gasteiger partial charge in [0.05, 0.1) is 5.69 Å². The van der Waals surface area contributed by atoms with Gasteiger partial charge in [-0.15, -0.1) is 0 Å². The quantitative estimate of drug-likeness (QED) is 0.674. The molecule has 0 saturated heterocycles. The maximum absolute atomic E-state index is 13.4. The van der Waals surface area contributed by atoms with Crippen LogP contribution in [0.25, 0.3) is 0 Å². The summed E-state index contributed by atoms with van der Waals surface area (Å²) >= 11 is 1.16. The highest BCUT2D eigenvalue weighted by molar-refractivity contribution is 7.98. The third-order valence-corrected chi connectivity index (χ3v) is 4.53. The predicted octanol–water partition coefficient (Wildman–Crippen LogP) is 3.80. The SMILES string of the molecule is O=C(O)[C@H](CSCc1ccccn1)N[C@@H](c1ccc(F)cc1)C(F)(F)F. The normalized spacial score (nSPS) is 14.0. The monoisotopic (exact) mass is 388 g/mol. The van der Waals surface area contributed by atoms with Gasteiger partial charge in [-0.25, -0.2) is 4.39 Å². The van der Waals surface area contributed by atoms with Crippen LogP contribution in [0.3, 0.4) is 0 Å². The van der Waals surface area contributed by atoms with Crippen molar-refractivity contribution in [2.45, 2.75) is 24.0 Å². The Bertz CT molecular complexity index is 711. The van der Waals surface area contributed by atoms with Gasteiger partial charge in [-0.05, 0) is 29.8 Å². The molecule has 4 nitrogen and oxygen atoms in total. The third-order valence-electron chi connectivity index (χ3n) is 3.46. The first-order valence-corrected chi connectivity index (χ1v) is 8.71. The number of hydrogen-bond acceptors (Lipinski definition) is 4. The highest BCUT2D eigenvalue weighted by Crippen LogP contribution is 2.33. The summed E-state index contributed by atoms with van der Waals surface area (Å²) < 4.78 is 53.0. The van der Waals surface area contributed by atoms with Crippen molar-refractivity contribution in [3.05, 3.63) is 65.7 Å². The number of carboxylic acid groups (broad SMARTS) is 1. The fraction of sp³-hybridized carbons (Fsp3) is 0.294. The van der Waals surface area contributed by atoms with Crippen molar-refractivity contribution in [2.75, 3.05) is 5.75 Å². The number of nitrogens with one attached hydrogen (secondary N) is 1. The lowest BCUT2D eigenvalue weighted by Crippen LogP contribution is -2.46. The number of carboxylic acids is 1. The van der Waals surface area contributed by atoms with E-state index in [4.69, 9.17) is 0 Å². The van der Waals surface area contributed by atoms with Gasteiger partial charge in [-0.1, -0.05) is 18.2 Å². The summed E-state index contributed by atoms with van der Waals surface area (Å²) in [7, 11) is 0. The number of nitrogens with zero attached hydrogens (tertiary/aromatic N) is 1. The molecule has 0 unspecified atom stereocenters. The molecule has 0 saturated carbocycles. The van der Waals surface area contributed by atoms with E-state index in [1.165, 1.54) is 0 Å². The highest BCUT2D eigenvalue weighted by atomic mass is 32.2. The van der Waals surface area contributed by atoms with Crippen molar-refractivity contribution in [2.24, 2.45) is 0 Å². The summed E-state index contributed by atoms with van der Waals surface area (Å²) in [4.78, 5) is 15.4. The number of benzene rings is 1. The van der Waals surface area contributed by atoms with Gasteiger partial charge in [-0.2, -0.15) is 24.9 Å². The highest BCUT2D eigenvalue weighted by Gasteiger charge is 2.42. The zero-order valence-corrected chi connectivity index (χ0v) is 14.2. The number of aromatic nitrogens is 1. The first-order chi connectivity index (χ1) is 12.3. The maximum Gasteiger partial charge on any atom is 0.407 e. The molecule has 2 aromatic rings. The fourth-order valence-electron chi connectivity index (χ4n) is 2.19. The molecule has 0 spiro atoms. The van der Waals surface area contributed by atoms with E-state index in [-0.39, 0.29) is 11.3 Å². The molecule has 0 aliphatic rings. The van der Waals surface area contributed by atoms with Crippen molar-refractivity contribution in [3.8, 4) is 0 Å². The molecule has 1 heterocycles. The van der Waals surface area contributed by atoms with Gasteiger partial charge in [0, 0.05) is 17.7 Å². The van der Waals surface area contributed by atoms with Gasteiger partial charge in [-0.3, -0.25) is 15.1 Å². The van der Waals surface area contributed by atoms with Gasteiger partial charge in [0.2, 0.25) is 0 Å². The molecule has 0 fully saturated rings. The summed E-state index contributed by atoms with van der Waals surface area (Å²) in [6.45, 7) is 0. The molecule has 2 N–H and O–H groups in total. The van der Waals surface area contributed by atoms with E-state index in [1.54, 1.807) is 24.4 Å². The van der Waals surface area contributed by atoms with Crippen molar-refractivity contribution in [1.82, 2.24) is 10.3 Å². The second-order valence-corrected chi connectivity index (χ2v) is 6.45. The Morgan fingerprint density at radius 1 is 1.19 bits per heavy atom. The van der Waals surface area contributed by atoms with Gasteiger partial charge < -0.3 is 5.11 Å². The number of hydrogen-bond donors (Lipinski definition) is 2. The largest absolute Gasteiger partial charge is 0.480 e. The van der Waals surface area contributed by atoms with E-state index in [2.05, 4.69) is 10.3 Å². The van der Waals surface area contributed by atoms with Crippen LogP contribution < -0.4 is 5.32 Å². The maximum atomic E-state index is 13.4. The van der Waals surface area contributed by atoms with E-state index in [1.807, 2.05) is 0 Å². The molecule has 2 rings (SSSR count). The Hall–Kier alpha value is -2.13. The topological polar surface area (TPSA) is 62.2 Å². The van der Waals surface area contributed by atoms with Crippen LogP contribution in [0.5, 0.6) is 0 Å². The molecule has 9 heteroatoms. The number of carbonyl (C=O) groups is 1. The van der Waals surface area contributed by atoms with E-state index in [9.17, 15) is 27.5 Å². The second-order valence-electron chi connectivity index (χ2n) is 5.42. The van der Waals surface area contributed by atoms with E-state index < -0.39 is 30.0 Å². The molecule has 0 aliphatic carbocycles. The molecule has 26 heavy (non-hydrogen) atoms. The molecule has 140 valence electrons. The Balaban J connectivity index is 2.06. The molecule has 0 amide bonds. The van der Waals surface area contributed by atoms with Gasteiger partial charge in [0.15, 0.2) is 0 Å². The van der Waals surface area contributed by atoms with Crippen LogP contribution in [-0.4, -0.2) is 34.0 Å².